The maximum atomic E-state index is 12.7. The normalized spacial score (nSPS) is 11.7. The Labute approximate surface area is 180 Å². The van der Waals surface area contributed by atoms with Crippen LogP contribution in [-0.2, 0) is 30.3 Å². The molecule has 1 N–H and O–H groups in total. The van der Waals surface area contributed by atoms with Crippen molar-refractivity contribution in [3.8, 4) is 0 Å². The number of hydrogen-bond donors (Lipinski definition) is 1. The van der Waals surface area contributed by atoms with Crippen molar-refractivity contribution in [1.82, 2.24) is 9.88 Å². The van der Waals surface area contributed by atoms with E-state index in [9.17, 15) is 19.2 Å². The summed E-state index contributed by atoms with van der Waals surface area (Å²) in [7, 11) is 0. The molecule has 1 aromatic heterocycles. The van der Waals surface area contributed by atoms with Crippen LogP contribution in [0, 0.1) is 0 Å². The Hall–Kier alpha value is -2.49. The second kappa shape index (κ2) is 10.5. The molecule has 9 nitrogen and oxygen atoms in total. The molecule has 1 heterocycles. The van der Waals surface area contributed by atoms with Crippen LogP contribution in [0.1, 0.15) is 69.9 Å². The van der Waals surface area contributed by atoms with Gasteiger partial charge in [0.15, 0.2) is 5.69 Å². The van der Waals surface area contributed by atoms with Gasteiger partial charge in [0.05, 0.1) is 11.4 Å². The number of aromatic carboxylic acids is 1. The third-order valence-electron chi connectivity index (χ3n) is 3.42. The predicted octanol–water partition coefficient (Wildman–Crippen LogP) is 2.68. The fourth-order valence-corrected chi connectivity index (χ4v) is 3.11. The van der Waals surface area contributed by atoms with Crippen molar-refractivity contribution in [1.29, 1.82) is 0 Å². The Morgan fingerprint density at radius 1 is 1.00 bits per heavy atom. The van der Waals surface area contributed by atoms with Gasteiger partial charge in [0, 0.05) is 24.8 Å². The van der Waals surface area contributed by atoms with Crippen molar-refractivity contribution in [3.63, 3.8) is 0 Å². The lowest BCUT2D eigenvalue weighted by atomic mass is 10.2. The lowest BCUT2D eigenvalue weighted by Gasteiger charge is -2.26. The number of carbonyl (C=O) groups is 4. The highest BCUT2D eigenvalue weighted by atomic mass is 32.1. The molecule has 1 amide bonds. The van der Waals surface area contributed by atoms with Crippen LogP contribution in [0.25, 0.3) is 0 Å². The third-order valence-corrected chi connectivity index (χ3v) is 4.33. The summed E-state index contributed by atoms with van der Waals surface area (Å²) in [4.78, 5) is 53.0. The first-order valence-electron chi connectivity index (χ1n) is 9.55. The first-order chi connectivity index (χ1) is 13.7. The van der Waals surface area contributed by atoms with Crippen molar-refractivity contribution in [2.75, 3.05) is 13.1 Å². The van der Waals surface area contributed by atoms with Crippen LogP contribution >= 0.6 is 11.3 Å². The highest BCUT2D eigenvalue weighted by molar-refractivity contribution is 7.09. The Morgan fingerprint density at radius 3 is 2.07 bits per heavy atom. The van der Waals surface area contributed by atoms with Crippen LogP contribution in [0.2, 0.25) is 0 Å². The molecule has 168 valence electrons. The highest BCUT2D eigenvalue weighted by Crippen LogP contribution is 2.14. The minimum absolute atomic E-state index is 0.00519. The molecule has 0 fully saturated rings. The molecule has 0 aliphatic heterocycles. The number of carboxylic acid groups (broad SMARTS) is 1. The van der Waals surface area contributed by atoms with E-state index >= 15 is 0 Å². The standard InChI is InChI=1S/C20H30N2O7S/c1-19(2,3)28-16(24)9-10-22(11-17(25)29-20(4,5)6)15(23)8-7-14-21-13(12-30-14)18(26)27/h12H,7-11H2,1-6H3,(H,26,27). The number of thiazole rings is 1. The number of rotatable bonds is 9. The van der Waals surface area contributed by atoms with Crippen LogP contribution < -0.4 is 0 Å². The van der Waals surface area contributed by atoms with Gasteiger partial charge in [0.2, 0.25) is 5.91 Å². The van der Waals surface area contributed by atoms with Crippen LogP contribution in [0.15, 0.2) is 5.38 Å². The van der Waals surface area contributed by atoms with Gasteiger partial charge in [0.25, 0.3) is 0 Å². The Kier molecular flexibility index (Phi) is 8.95. The van der Waals surface area contributed by atoms with Gasteiger partial charge < -0.3 is 19.5 Å². The van der Waals surface area contributed by atoms with Crippen LogP contribution in [0.4, 0.5) is 0 Å². The average Bonchev–Trinajstić information content (AvgIpc) is 3.02. The first kappa shape index (κ1) is 25.5. The molecular formula is C20H30N2O7S. The largest absolute Gasteiger partial charge is 0.476 e. The zero-order chi connectivity index (χ0) is 23.1. The van der Waals surface area contributed by atoms with E-state index in [2.05, 4.69) is 4.98 Å². The summed E-state index contributed by atoms with van der Waals surface area (Å²) in [5, 5.41) is 10.8. The van der Waals surface area contributed by atoms with Crippen LogP contribution in [-0.4, -0.2) is 63.1 Å². The number of aromatic nitrogens is 1. The number of nitrogens with zero attached hydrogens (tertiary/aromatic N) is 2. The van der Waals surface area contributed by atoms with Gasteiger partial charge in [-0.15, -0.1) is 11.3 Å². The molecule has 0 radical (unpaired) electrons. The molecule has 0 saturated carbocycles. The number of aryl methyl sites for hydroxylation is 1. The van der Waals surface area contributed by atoms with Gasteiger partial charge in [-0.25, -0.2) is 9.78 Å². The fraction of sp³-hybridized carbons (Fsp3) is 0.650. The Morgan fingerprint density at radius 2 is 1.57 bits per heavy atom. The Balaban J connectivity index is 2.75. The molecular weight excluding hydrogens is 412 g/mol. The summed E-state index contributed by atoms with van der Waals surface area (Å²) in [5.74, 6) is -2.55. The zero-order valence-corrected chi connectivity index (χ0v) is 19.1. The molecule has 0 atom stereocenters. The van der Waals surface area contributed by atoms with Crippen molar-refractivity contribution in [3.05, 3.63) is 16.1 Å². The Bertz CT molecular complexity index is 775. The summed E-state index contributed by atoms with van der Waals surface area (Å²) in [5.41, 5.74) is -1.42. The molecule has 1 aromatic rings. The average molecular weight is 443 g/mol. The van der Waals surface area contributed by atoms with Crippen LogP contribution in [0.5, 0.6) is 0 Å². The SMILES string of the molecule is CC(C)(C)OC(=O)CCN(CC(=O)OC(C)(C)C)C(=O)CCc1nc(C(=O)O)cs1. The second-order valence-electron chi connectivity index (χ2n) is 8.67. The number of carboxylic acids is 1. The van der Waals surface area contributed by atoms with E-state index in [1.807, 2.05) is 0 Å². The molecule has 0 aliphatic rings. The molecule has 30 heavy (non-hydrogen) atoms. The number of ether oxygens (including phenoxy) is 2. The van der Waals surface area contributed by atoms with Gasteiger partial charge in [-0.2, -0.15) is 0 Å². The molecule has 0 bridgehead atoms. The van der Waals surface area contributed by atoms with E-state index in [4.69, 9.17) is 14.6 Å². The highest BCUT2D eigenvalue weighted by Gasteiger charge is 2.24. The molecule has 0 aliphatic carbocycles. The van der Waals surface area contributed by atoms with Gasteiger partial charge in [-0.3, -0.25) is 14.4 Å². The third kappa shape index (κ3) is 10.3. The van der Waals surface area contributed by atoms with E-state index in [1.54, 1.807) is 41.5 Å². The number of hydrogen-bond acceptors (Lipinski definition) is 8. The van der Waals surface area contributed by atoms with E-state index in [1.165, 1.54) is 10.3 Å². The van der Waals surface area contributed by atoms with E-state index in [0.29, 0.717) is 5.01 Å². The minimum atomic E-state index is -1.13. The smallest absolute Gasteiger partial charge is 0.355 e. The predicted molar refractivity (Wildman–Crippen MR) is 110 cm³/mol. The van der Waals surface area contributed by atoms with Gasteiger partial charge in [-0.1, -0.05) is 0 Å². The maximum Gasteiger partial charge on any atom is 0.355 e. The summed E-state index contributed by atoms with van der Waals surface area (Å²) in [6.45, 7) is 10.1. The molecule has 0 unspecified atom stereocenters. The van der Waals surface area contributed by atoms with Crippen molar-refractivity contribution in [2.45, 2.75) is 72.0 Å². The molecule has 1 rings (SSSR count). The van der Waals surface area contributed by atoms with Crippen molar-refractivity contribution >= 4 is 35.2 Å². The summed E-state index contributed by atoms with van der Waals surface area (Å²) in [6.07, 6.45) is 0.184. The second-order valence-corrected chi connectivity index (χ2v) is 9.61. The topological polar surface area (TPSA) is 123 Å². The number of carbonyl (C=O) groups excluding carboxylic acids is 3. The fourth-order valence-electron chi connectivity index (χ4n) is 2.34. The maximum absolute atomic E-state index is 12.7. The van der Waals surface area contributed by atoms with E-state index < -0.39 is 29.1 Å². The molecule has 10 heteroatoms. The summed E-state index contributed by atoms with van der Waals surface area (Å²) >= 11 is 1.15. The lowest BCUT2D eigenvalue weighted by Crippen LogP contribution is -2.40. The number of amides is 1. The monoisotopic (exact) mass is 442 g/mol. The minimum Gasteiger partial charge on any atom is -0.476 e. The van der Waals surface area contributed by atoms with Gasteiger partial charge in [0.1, 0.15) is 17.7 Å². The molecule has 0 aromatic carbocycles. The van der Waals surface area contributed by atoms with Crippen molar-refractivity contribution < 1.29 is 33.8 Å². The van der Waals surface area contributed by atoms with Gasteiger partial charge in [-0.05, 0) is 41.5 Å². The molecule has 0 saturated heterocycles. The van der Waals surface area contributed by atoms with Crippen LogP contribution in [0.3, 0.4) is 0 Å². The first-order valence-corrected chi connectivity index (χ1v) is 10.4. The van der Waals surface area contributed by atoms with E-state index in [-0.39, 0.29) is 44.0 Å². The summed E-state index contributed by atoms with van der Waals surface area (Å²) < 4.78 is 10.5. The summed E-state index contributed by atoms with van der Waals surface area (Å²) in [6, 6.07) is 0. The van der Waals surface area contributed by atoms with Gasteiger partial charge >= 0.3 is 17.9 Å². The molecule has 0 spiro atoms. The zero-order valence-electron chi connectivity index (χ0n) is 18.3. The quantitative estimate of drug-likeness (QED) is 0.579. The number of esters is 2. The van der Waals surface area contributed by atoms with E-state index in [0.717, 1.165) is 11.3 Å². The van der Waals surface area contributed by atoms with Crippen molar-refractivity contribution in [2.24, 2.45) is 0 Å². The lowest BCUT2D eigenvalue weighted by molar-refractivity contribution is -0.161.